The maximum absolute atomic E-state index is 13.5. The third-order valence-corrected chi connectivity index (χ3v) is 2.61. The van der Waals surface area contributed by atoms with E-state index in [0.29, 0.717) is 0 Å². The van der Waals surface area contributed by atoms with Crippen LogP contribution in [0.3, 0.4) is 0 Å². The number of hydrogen-bond donors (Lipinski definition) is 1. The summed E-state index contributed by atoms with van der Waals surface area (Å²) < 4.78 is 55.6. The minimum atomic E-state index is -4.55. The van der Waals surface area contributed by atoms with E-state index in [1.807, 2.05) is 0 Å². The van der Waals surface area contributed by atoms with Gasteiger partial charge in [-0.2, -0.15) is 13.2 Å². The molecule has 3 nitrogen and oxygen atoms in total. The highest BCUT2D eigenvalue weighted by atomic mass is 19.4. The predicted molar refractivity (Wildman–Crippen MR) is 56.3 cm³/mol. The normalized spacial score (nSPS) is 24.3. The van der Waals surface area contributed by atoms with E-state index in [1.165, 1.54) is 24.3 Å². The highest BCUT2D eigenvalue weighted by Gasteiger charge is 2.45. The van der Waals surface area contributed by atoms with E-state index in [9.17, 15) is 17.6 Å². The smallest absolute Gasteiger partial charge is 0.425 e. The molecule has 1 aliphatic heterocycles. The van der Waals surface area contributed by atoms with Gasteiger partial charge in [-0.25, -0.2) is 9.38 Å². The van der Waals surface area contributed by atoms with E-state index in [2.05, 4.69) is 9.73 Å². The molecular weight excluding hydrogens is 252 g/mol. The molecule has 2 rings (SSSR count). The van der Waals surface area contributed by atoms with Gasteiger partial charge < -0.3 is 10.5 Å². The van der Waals surface area contributed by atoms with E-state index in [4.69, 9.17) is 5.73 Å². The molecule has 1 aromatic rings. The van der Waals surface area contributed by atoms with Gasteiger partial charge in [0, 0.05) is 12.0 Å². The van der Waals surface area contributed by atoms with Crippen LogP contribution in [0.5, 0.6) is 0 Å². The van der Waals surface area contributed by atoms with Gasteiger partial charge in [0.05, 0.1) is 6.04 Å². The summed E-state index contributed by atoms with van der Waals surface area (Å²) in [5.74, 6) is -0.609. The lowest BCUT2D eigenvalue weighted by Gasteiger charge is -2.28. The third-order valence-electron chi connectivity index (χ3n) is 2.61. The molecule has 7 heteroatoms. The van der Waals surface area contributed by atoms with Crippen molar-refractivity contribution in [2.75, 3.05) is 0 Å². The lowest BCUT2D eigenvalue weighted by atomic mass is 9.99. The molecule has 18 heavy (non-hydrogen) atoms. The van der Waals surface area contributed by atoms with Gasteiger partial charge >= 0.3 is 6.18 Å². The number of hydrogen-bond acceptors (Lipinski definition) is 3. The number of rotatable bonds is 1. The molecular formula is C11H10F4N2O. The van der Waals surface area contributed by atoms with Crippen LogP contribution in [-0.4, -0.2) is 18.3 Å². The van der Waals surface area contributed by atoms with Crippen molar-refractivity contribution in [2.24, 2.45) is 10.7 Å². The summed E-state index contributed by atoms with van der Waals surface area (Å²) in [6.07, 6.45) is -7.09. The molecule has 1 aliphatic rings. The van der Waals surface area contributed by atoms with E-state index >= 15 is 0 Å². The minimum absolute atomic E-state index is 0.0815. The Bertz CT molecular complexity index is 472. The van der Waals surface area contributed by atoms with Crippen LogP contribution in [0, 0.1) is 5.82 Å². The predicted octanol–water partition coefficient (Wildman–Crippen LogP) is 2.53. The first kappa shape index (κ1) is 12.7. The Morgan fingerprint density at radius 2 is 1.94 bits per heavy atom. The van der Waals surface area contributed by atoms with Gasteiger partial charge in [0.15, 0.2) is 6.10 Å². The van der Waals surface area contributed by atoms with Gasteiger partial charge in [0.2, 0.25) is 0 Å². The Hall–Kier alpha value is -1.79. The number of halogens is 4. The largest absolute Gasteiger partial charge is 0.452 e. The fourth-order valence-electron chi connectivity index (χ4n) is 1.78. The van der Waals surface area contributed by atoms with Gasteiger partial charge in [-0.1, -0.05) is 18.2 Å². The summed E-state index contributed by atoms with van der Waals surface area (Å²) in [4.78, 5) is 3.71. The average molecular weight is 262 g/mol. The molecule has 1 aromatic carbocycles. The Balaban J connectivity index is 2.30. The molecule has 0 amide bonds. The van der Waals surface area contributed by atoms with Crippen molar-refractivity contribution in [1.29, 1.82) is 0 Å². The molecule has 2 N–H and O–H groups in total. The zero-order valence-electron chi connectivity index (χ0n) is 9.12. The molecule has 2 unspecified atom stereocenters. The van der Waals surface area contributed by atoms with Crippen LogP contribution in [0.25, 0.3) is 0 Å². The third kappa shape index (κ3) is 2.55. The van der Waals surface area contributed by atoms with Crippen molar-refractivity contribution in [3.05, 3.63) is 35.6 Å². The topological polar surface area (TPSA) is 47.6 Å². The molecule has 98 valence electrons. The van der Waals surface area contributed by atoms with Gasteiger partial charge in [0.1, 0.15) is 5.82 Å². The Morgan fingerprint density at radius 1 is 1.28 bits per heavy atom. The Morgan fingerprint density at radius 3 is 2.56 bits per heavy atom. The molecule has 0 aromatic heterocycles. The number of nitrogens with two attached hydrogens (primary N) is 1. The molecule has 1 heterocycles. The molecule has 0 saturated carbocycles. The molecule has 0 bridgehead atoms. The summed E-state index contributed by atoms with van der Waals surface area (Å²) in [6.45, 7) is 0. The summed E-state index contributed by atoms with van der Waals surface area (Å²) >= 11 is 0. The fraction of sp³-hybridized carbons (Fsp3) is 0.364. The Kier molecular flexibility index (Phi) is 3.14. The maximum Gasteiger partial charge on any atom is 0.425 e. The van der Waals surface area contributed by atoms with E-state index in [-0.39, 0.29) is 5.56 Å². The number of amidine groups is 1. The zero-order valence-corrected chi connectivity index (χ0v) is 9.12. The highest BCUT2D eigenvalue weighted by Crippen LogP contribution is 2.35. The van der Waals surface area contributed by atoms with Crippen molar-refractivity contribution in [3.63, 3.8) is 0 Å². The van der Waals surface area contributed by atoms with Crippen LogP contribution < -0.4 is 5.73 Å². The van der Waals surface area contributed by atoms with Crippen molar-refractivity contribution in [2.45, 2.75) is 24.7 Å². The van der Waals surface area contributed by atoms with Gasteiger partial charge in [-0.15, -0.1) is 0 Å². The van der Waals surface area contributed by atoms with Crippen LogP contribution in [0.1, 0.15) is 18.0 Å². The Labute approximate surface area is 100 Å². The number of nitrogens with zero attached hydrogens (tertiary/aromatic N) is 1. The average Bonchev–Trinajstić information content (AvgIpc) is 2.27. The molecule has 0 radical (unpaired) electrons. The van der Waals surface area contributed by atoms with Crippen LogP contribution in [0.4, 0.5) is 17.6 Å². The van der Waals surface area contributed by atoms with E-state index in [1.54, 1.807) is 0 Å². The number of benzene rings is 1. The molecule has 0 aliphatic carbocycles. The quantitative estimate of drug-likeness (QED) is 0.790. The van der Waals surface area contributed by atoms with Crippen molar-refractivity contribution < 1.29 is 22.3 Å². The molecule has 2 atom stereocenters. The fourth-order valence-corrected chi connectivity index (χ4v) is 1.78. The lowest BCUT2D eigenvalue weighted by Crippen LogP contribution is -2.40. The summed E-state index contributed by atoms with van der Waals surface area (Å²) in [5.41, 5.74) is 5.29. The SMILES string of the molecule is NC1=NC(c2ccccc2F)CC(C(F)(F)F)O1. The van der Waals surface area contributed by atoms with Gasteiger partial charge in [-0.05, 0) is 6.07 Å². The van der Waals surface area contributed by atoms with Crippen LogP contribution >= 0.6 is 0 Å². The number of ether oxygens (including phenoxy) is 1. The minimum Gasteiger partial charge on any atom is -0.452 e. The van der Waals surface area contributed by atoms with Gasteiger partial charge in [-0.3, -0.25) is 0 Å². The number of alkyl halides is 3. The second-order valence-electron chi connectivity index (χ2n) is 3.89. The first-order valence-electron chi connectivity index (χ1n) is 5.19. The molecule has 0 saturated heterocycles. The summed E-state index contributed by atoms with van der Waals surface area (Å²) in [5, 5.41) is 0. The lowest BCUT2D eigenvalue weighted by molar-refractivity contribution is -0.204. The van der Waals surface area contributed by atoms with E-state index in [0.717, 1.165) is 0 Å². The standard InChI is InChI=1S/C11H10F4N2O/c12-7-4-2-1-3-6(7)8-5-9(11(13,14)15)18-10(16)17-8/h1-4,8-9H,5H2,(H2,16,17). The first-order chi connectivity index (χ1) is 8.38. The molecule has 0 fully saturated rings. The van der Waals surface area contributed by atoms with Crippen LogP contribution in [-0.2, 0) is 4.74 Å². The first-order valence-corrected chi connectivity index (χ1v) is 5.19. The highest BCUT2D eigenvalue weighted by molar-refractivity contribution is 5.72. The molecule has 0 spiro atoms. The van der Waals surface area contributed by atoms with Gasteiger partial charge in [0.25, 0.3) is 6.02 Å². The second kappa shape index (κ2) is 4.47. The van der Waals surface area contributed by atoms with Crippen molar-refractivity contribution in [1.82, 2.24) is 0 Å². The zero-order chi connectivity index (χ0) is 13.3. The van der Waals surface area contributed by atoms with Crippen LogP contribution in [0.15, 0.2) is 29.3 Å². The van der Waals surface area contributed by atoms with E-state index < -0.39 is 36.6 Å². The summed E-state index contributed by atoms with van der Waals surface area (Å²) in [7, 11) is 0. The monoisotopic (exact) mass is 262 g/mol. The van der Waals surface area contributed by atoms with Crippen LogP contribution in [0.2, 0.25) is 0 Å². The van der Waals surface area contributed by atoms with Crippen molar-refractivity contribution >= 4 is 6.02 Å². The maximum atomic E-state index is 13.5. The second-order valence-corrected chi connectivity index (χ2v) is 3.89. The summed E-state index contributed by atoms with van der Waals surface area (Å²) in [6, 6.07) is 3.98. The van der Waals surface area contributed by atoms with Crippen molar-refractivity contribution in [3.8, 4) is 0 Å². The number of aliphatic imine (C=N–C) groups is 1.